The number of rotatable bonds is 6. The second kappa shape index (κ2) is 9.09. The molecular formula is C21H32FN3O. The van der Waals surface area contributed by atoms with Gasteiger partial charge < -0.3 is 0 Å². The lowest BCUT2D eigenvalue weighted by Gasteiger charge is -2.34. The molecule has 144 valence electrons. The number of likely N-dealkylation sites (tertiary alicyclic amines) is 1. The van der Waals surface area contributed by atoms with Crippen LogP contribution in [0.4, 0.5) is 4.39 Å². The molecule has 2 aliphatic heterocycles. The second-order valence-electron chi connectivity index (χ2n) is 7.86. The van der Waals surface area contributed by atoms with Crippen LogP contribution in [0.2, 0.25) is 0 Å². The molecule has 2 unspecified atom stereocenters. The van der Waals surface area contributed by atoms with Crippen LogP contribution in [-0.2, 0) is 17.8 Å². The third kappa shape index (κ3) is 4.92. The van der Waals surface area contributed by atoms with Gasteiger partial charge in [-0.05, 0) is 62.7 Å². The summed E-state index contributed by atoms with van der Waals surface area (Å²) in [5.41, 5.74) is 5.15. The molecule has 2 atom stereocenters. The fourth-order valence-corrected chi connectivity index (χ4v) is 3.77. The van der Waals surface area contributed by atoms with E-state index in [1.807, 2.05) is 25.1 Å². The molecule has 2 N–H and O–H groups in total. The molecule has 2 heterocycles. The van der Waals surface area contributed by atoms with E-state index in [4.69, 9.17) is 4.84 Å². The van der Waals surface area contributed by atoms with Gasteiger partial charge in [-0.1, -0.05) is 38.1 Å². The van der Waals surface area contributed by atoms with Gasteiger partial charge in [-0.3, -0.25) is 15.1 Å². The number of nitrogens with one attached hydrogen (secondary N) is 2. The number of benzene rings is 1. The van der Waals surface area contributed by atoms with Gasteiger partial charge in [0.05, 0.1) is 6.17 Å². The summed E-state index contributed by atoms with van der Waals surface area (Å²) < 4.78 is 14.2. The van der Waals surface area contributed by atoms with Crippen molar-refractivity contribution in [2.75, 3.05) is 13.1 Å². The average Bonchev–Trinajstić information content (AvgIpc) is 3.13. The van der Waals surface area contributed by atoms with Crippen LogP contribution in [0.15, 0.2) is 30.4 Å². The van der Waals surface area contributed by atoms with E-state index >= 15 is 0 Å². The van der Waals surface area contributed by atoms with Crippen molar-refractivity contribution in [3.05, 3.63) is 47.3 Å². The molecule has 1 aromatic carbocycles. The highest BCUT2D eigenvalue weighted by Crippen LogP contribution is 2.25. The van der Waals surface area contributed by atoms with Crippen LogP contribution in [0.25, 0.3) is 0 Å². The molecule has 0 amide bonds. The first kappa shape index (κ1) is 19.5. The second-order valence-corrected chi connectivity index (χ2v) is 7.86. The van der Waals surface area contributed by atoms with E-state index in [0.29, 0.717) is 18.4 Å². The predicted molar refractivity (Wildman–Crippen MR) is 103 cm³/mol. The van der Waals surface area contributed by atoms with Crippen molar-refractivity contribution in [2.24, 2.45) is 11.8 Å². The minimum Gasteiger partial charge on any atom is -0.299 e. The molecule has 0 saturated carbocycles. The van der Waals surface area contributed by atoms with Crippen LogP contribution < -0.4 is 10.8 Å². The molecular weight excluding hydrogens is 329 g/mol. The number of halogens is 1. The fourth-order valence-electron chi connectivity index (χ4n) is 3.77. The lowest BCUT2D eigenvalue weighted by atomic mass is 9.93. The Morgan fingerprint density at radius 2 is 2.08 bits per heavy atom. The van der Waals surface area contributed by atoms with Gasteiger partial charge in [-0.25, -0.2) is 4.39 Å². The summed E-state index contributed by atoms with van der Waals surface area (Å²) in [6, 6.07) is 5.51. The maximum absolute atomic E-state index is 14.2. The molecule has 2 fully saturated rings. The largest absolute Gasteiger partial charge is 0.299 e. The van der Waals surface area contributed by atoms with Gasteiger partial charge in [0.1, 0.15) is 12.0 Å². The van der Waals surface area contributed by atoms with Crippen LogP contribution in [0, 0.1) is 17.7 Å². The predicted octanol–water partition coefficient (Wildman–Crippen LogP) is 3.59. The standard InChI is InChI=1S/C21H32FN3O/c1-4-5-6-16-7-8-19(22)18(13-16)14-25-11-9-17(10-12-25)20-23-21(15(2)3)26-24-20/h4-5,7-8,13,15,17,20-21,23-24H,6,9-12,14H2,1-3H3/b5-4+. The zero-order chi connectivity index (χ0) is 18.5. The number of allylic oxidation sites excluding steroid dienone is 2. The number of hydroxylamine groups is 1. The SMILES string of the molecule is C/C=C/Cc1ccc(F)c(CN2CCC(C3NOC(C(C)C)N3)CC2)c1. The number of hydrogen-bond acceptors (Lipinski definition) is 4. The van der Waals surface area contributed by atoms with Gasteiger partial charge in [0.2, 0.25) is 0 Å². The number of hydrogen-bond donors (Lipinski definition) is 2. The van der Waals surface area contributed by atoms with Crippen molar-refractivity contribution in [1.29, 1.82) is 0 Å². The Kier molecular flexibility index (Phi) is 6.81. The lowest BCUT2D eigenvalue weighted by Crippen LogP contribution is -2.46. The highest BCUT2D eigenvalue weighted by molar-refractivity contribution is 5.26. The van der Waals surface area contributed by atoms with E-state index in [1.165, 1.54) is 5.56 Å². The monoisotopic (exact) mass is 361 g/mol. The van der Waals surface area contributed by atoms with Crippen molar-refractivity contribution in [1.82, 2.24) is 15.7 Å². The fraction of sp³-hybridized carbons (Fsp3) is 0.619. The minimum atomic E-state index is -0.0938. The first-order valence-corrected chi connectivity index (χ1v) is 9.85. The third-order valence-electron chi connectivity index (χ3n) is 5.47. The third-order valence-corrected chi connectivity index (χ3v) is 5.47. The Morgan fingerprint density at radius 3 is 2.73 bits per heavy atom. The summed E-state index contributed by atoms with van der Waals surface area (Å²) >= 11 is 0. The van der Waals surface area contributed by atoms with Gasteiger partial charge in [-0.2, -0.15) is 5.48 Å². The van der Waals surface area contributed by atoms with Gasteiger partial charge in [0, 0.05) is 12.1 Å². The normalized spacial score (nSPS) is 25.6. The quantitative estimate of drug-likeness (QED) is 0.759. The van der Waals surface area contributed by atoms with Gasteiger partial charge in [-0.15, -0.1) is 0 Å². The Labute approximate surface area is 156 Å². The zero-order valence-corrected chi connectivity index (χ0v) is 16.2. The van der Waals surface area contributed by atoms with Crippen LogP contribution >= 0.6 is 0 Å². The van der Waals surface area contributed by atoms with Crippen molar-refractivity contribution < 1.29 is 9.23 Å². The Bertz CT molecular complexity index is 611. The molecule has 2 saturated heterocycles. The molecule has 1 aromatic rings. The number of nitrogens with zero attached hydrogens (tertiary/aromatic N) is 1. The summed E-state index contributed by atoms with van der Waals surface area (Å²) in [4.78, 5) is 8.00. The molecule has 5 heteroatoms. The zero-order valence-electron chi connectivity index (χ0n) is 16.2. The molecule has 2 aliphatic rings. The Balaban J connectivity index is 1.51. The van der Waals surface area contributed by atoms with E-state index in [0.717, 1.165) is 37.9 Å². The van der Waals surface area contributed by atoms with Crippen LogP contribution in [0.5, 0.6) is 0 Å². The van der Waals surface area contributed by atoms with Crippen molar-refractivity contribution >= 4 is 0 Å². The first-order chi connectivity index (χ1) is 12.6. The summed E-state index contributed by atoms with van der Waals surface area (Å²) in [6.07, 6.45) is 7.51. The van der Waals surface area contributed by atoms with E-state index < -0.39 is 0 Å². The molecule has 3 rings (SSSR count). The van der Waals surface area contributed by atoms with Crippen LogP contribution in [0.3, 0.4) is 0 Å². The van der Waals surface area contributed by atoms with E-state index in [-0.39, 0.29) is 18.2 Å². The molecule has 0 spiro atoms. The maximum atomic E-state index is 14.2. The average molecular weight is 362 g/mol. The lowest BCUT2D eigenvalue weighted by molar-refractivity contribution is -0.00730. The van der Waals surface area contributed by atoms with E-state index in [1.54, 1.807) is 6.07 Å². The van der Waals surface area contributed by atoms with E-state index in [2.05, 4.69) is 35.6 Å². The summed E-state index contributed by atoms with van der Waals surface area (Å²) in [6.45, 7) is 9.01. The van der Waals surface area contributed by atoms with Crippen molar-refractivity contribution in [3.8, 4) is 0 Å². The molecule has 26 heavy (non-hydrogen) atoms. The topological polar surface area (TPSA) is 36.5 Å². The molecule has 0 radical (unpaired) electrons. The maximum Gasteiger partial charge on any atom is 0.133 e. The molecule has 0 aromatic heterocycles. The summed E-state index contributed by atoms with van der Waals surface area (Å²) in [5, 5.41) is 3.54. The van der Waals surface area contributed by atoms with Crippen LogP contribution in [-0.4, -0.2) is 30.4 Å². The first-order valence-electron chi connectivity index (χ1n) is 9.85. The molecule has 4 nitrogen and oxygen atoms in total. The number of piperidine rings is 1. The molecule has 0 bridgehead atoms. The summed E-state index contributed by atoms with van der Waals surface area (Å²) in [5.74, 6) is 0.912. The van der Waals surface area contributed by atoms with Crippen molar-refractivity contribution in [2.45, 2.75) is 59.0 Å². The van der Waals surface area contributed by atoms with Gasteiger partial charge in [0.25, 0.3) is 0 Å². The molecule has 0 aliphatic carbocycles. The highest BCUT2D eigenvalue weighted by atomic mass is 19.1. The Morgan fingerprint density at radius 1 is 1.31 bits per heavy atom. The van der Waals surface area contributed by atoms with Crippen LogP contribution in [0.1, 0.15) is 44.7 Å². The smallest absolute Gasteiger partial charge is 0.133 e. The van der Waals surface area contributed by atoms with Gasteiger partial charge in [0.15, 0.2) is 0 Å². The van der Waals surface area contributed by atoms with Crippen molar-refractivity contribution in [3.63, 3.8) is 0 Å². The summed E-state index contributed by atoms with van der Waals surface area (Å²) in [7, 11) is 0. The minimum absolute atomic E-state index is 0.0898. The highest BCUT2D eigenvalue weighted by Gasteiger charge is 2.34. The van der Waals surface area contributed by atoms with Gasteiger partial charge >= 0.3 is 0 Å². The Hall–Kier alpha value is -1.27. The van der Waals surface area contributed by atoms with E-state index in [9.17, 15) is 4.39 Å².